The molecular weight excluding hydrogens is 1010 g/mol. The number of amides is 4. The van der Waals surface area contributed by atoms with Crippen LogP contribution in [0.15, 0.2) is 48.5 Å². The summed E-state index contributed by atoms with van der Waals surface area (Å²) in [4.78, 5) is 84.2. The second kappa shape index (κ2) is 22.5. The van der Waals surface area contributed by atoms with E-state index in [1.165, 1.54) is 0 Å². The Morgan fingerprint density at radius 2 is 0.958 bits per heavy atom. The van der Waals surface area contributed by atoms with Crippen LogP contribution in [0.25, 0.3) is 0 Å². The molecule has 4 bridgehead atoms. The Kier molecular flexibility index (Phi) is 16.2. The van der Waals surface area contributed by atoms with Crippen LogP contribution in [0.5, 0.6) is 0 Å². The molecule has 4 amide bonds. The summed E-state index contributed by atoms with van der Waals surface area (Å²) in [7, 11) is 0. The van der Waals surface area contributed by atoms with Crippen molar-refractivity contribution in [1.82, 2.24) is 39.2 Å². The summed E-state index contributed by atoms with van der Waals surface area (Å²) in [6.45, 7) is 5.20. The number of nitrogens with zero attached hydrogens (tertiary/aromatic N) is 8. The van der Waals surface area contributed by atoms with Crippen molar-refractivity contribution >= 4 is 82.0 Å². The van der Waals surface area contributed by atoms with Gasteiger partial charge in [0.05, 0.1) is 56.0 Å². The number of ether oxygens (including phenoxy) is 1. The number of carboxylic acid groups (broad SMARTS) is 1. The van der Waals surface area contributed by atoms with E-state index in [0.717, 1.165) is 61.0 Å². The van der Waals surface area contributed by atoms with Crippen molar-refractivity contribution in [1.29, 1.82) is 0 Å². The third-order valence-electron chi connectivity index (χ3n) is 15.2. The van der Waals surface area contributed by atoms with Crippen molar-refractivity contribution in [2.24, 2.45) is 11.8 Å². The zero-order valence-corrected chi connectivity index (χ0v) is 43.4. The van der Waals surface area contributed by atoms with Crippen LogP contribution >= 0.6 is 46.4 Å². The number of fused-ring (bicyclic) bond motifs is 6. The van der Waals surface area contributed by atoms with Gasteiger partial charge in [-0.15, -0.1) is 0 Å². The summed E-state index contributed by atoms with van der Waals surface area (Å²) < 4.78 is 8.92. The van der Waals surface area contributed by atoms with E-state index >= 15 is 0 Å². The maximum atomic E-state index is 13.6. The van der Waals surface area contributed by atoms with E-state index < -0.39 is 5.97 Å². The molecule has 2 aromatic carbocycles. The van der Waals surface area contributed by atoms with Gasteiger partial charge in [0.15, 0.2) is 11.4 Å². The number of aliphatic carboxylic acids is 1. The molecule has 20 heteroatoms. The lowest BCUT2D eigenvalue weighted by atomic mass is 9.78. The first-order chi connectivity index (χ1) is 34.6. The molecule has 4 aromatic rings. The van der Waals surface area contributed by atoms with Gasteiger partial charge in [-0.2, -0.15) is 10.2 Å². The molecule has 2 aromatic heterocycles. The quantitative estimate of drug-likeness (QED) is 0.143. The van der Waals surface area contributed by atoms with Crippen molar-refractivity contribution in [2.75, 3.05) is 19.7 Å². The molecular formula is C52H60Cl4N8O8. The zero-order valence-electron chi connectivity index (χ0n) is 40.3. The molecule has 10 rings (SSSR count). The maximum absolute atomic E-state index is 13.6. The second-order valence-electron chi connectivity index (χ2n) is 20.0. The first kappa shape index (κ1) is 51.7. The Bertz CT molecular complexity index is 2660. The number of carbonyl (C=O) groups is 6. The molecule has 6 aliphatic rings. The van der Waals surface area contributed by atoms with E-state index in [9.17, 15) is 33.9 Å². The highest BCUT2D eigenvalue weighted by Gasteiger charge is 2.46. The van der Waals surface area contributed by atoms with Crippen LogP contribution in [0.4, 0.5) is 0 Å². The molecule has 0 aliphatic carbocycles. The smallest absolute Gasteiger partial charge is 0.309 e. The average molecular weight is 1070 g/mol. The SMILES string of the molecule is CCOC(=O)C1CC2CCCC(C1)N2C(=O)c1cc2n(n1)CCN(C(=O)CCc1cc(Cl)cc(Cl)c1)C2.O=C(O)C1CC2CCCC(C1)N2C(=O)c1cc2n(n1)CCN(C(=O)CCc1cc(Cl)cc(Cl)c1)C2. The van der Waals surface area contributed by atoms with Crippen molar-refractivity contribution in [3.05, 3.63) is 103 Å². The minimum Gasteiger partial charge on any atom is -0.481 e. The average Bonchev–Trinajstić information content (AvgIpc) is 3.98. The van der Waals surface area contributed by atoms with Crippen molar-refractivity contribution in [3.63, 3.8) is 0 Å². The molecule has 4 unspecified atom stereocenters. The fraction of sp³-hybridized carbons (Fsp3) is 0.538. The second-order valence-corrected chi connectivity index (χ2v) is 21.7. The molecule has 0 radical (unpaired) electrons. The lowest BCUT2D eigenvalue weighted by Gasteiger charge is -2.48. The predicted molar refractivity (Wildman–Crippen MR) is 270 cm³/mol. The van der Waals surface area contributed by atoms with Crippen molar-refractivity contribution in [2.45, 2.75) is 147 Å². The number of esters is 1. The standard InChI is InChI=1S/C27H32Cl2N4O4.C25H28Cl2N4O4/c1-2-37-27(36)18-12-21-4-3-5-22(13-18)33(21)26(35)24-15-23-16-31(8-9-32(23)30-24)25(34)7-6-17-10-19(28)14-20(29)11-17;26-17-8-15(9-18(27)12-17)4-5-23(32)29-6-7-30-21(14-29)13-22(28-30)24(33)31-19-2-1-3-20(31)11-16(10-19)25(34)35/h10-11,14-15,18,21-22H,2-9,12-13,16H2,1H3;8-9,12-13,16,19-20H,1-7,10-11,14H2,(H,34,35). The number of rotatable bonds is 11. The number of carbonyl (C=O) groups excluding carboxylic acids is 5. The van der Waals surface area contributed by atoms with Gasteiger partial charge in [-0.1, -0.05) is 46.4 Å². The molecule has 0 spiro atoms. The molecule has 6 aliphatic heterocycles. The first-order valence-corrected chi connectivity index (χ1v) is 26.8. The summed E-state index contributed by atoms with van der Waals surface area (Å²) in [5.74, 6) is -1.56. The van der Waals surface area contributed by atoms with Gasteiger partial charge < -0.3 is 29.4 Å². The molecule has 16 nitrogen and oxygen atoms in total. The highest BCUT2D eigenvalue weighted by molar-refractivity contribution is 6.35. The minimum atomic E-state index is -0.769. The zero-order chi connectivity index (χ0) is 50.8. The Balaban J connectivity index is 0.000000178. The number of hydrogen-bond acceptors (Lipinski definition) is 9. The summed E-state index contributed by atoms with van der Waals surface area (Å²) in [6.07, 6.45) is 9.65. The van der Waals surface area contributed by atoms with Gasteiger partial charge in [-0.25, -0.2) is 0 Å². The molecule has 72 heavy (non-hydrogen) atoms. The van der Waals surface area contributed by atoms with E-state index in [0.29, 0.717) is 129 Å². The van der Waals surface area contributed by atoms with E-state index in [-0.39, 0.29) is 65.6 Å². The molecule has 0 saturated carbocycles. The lowest BCUT2D eigenvalue weighted by Crippen LogP contribution is -2.55. The Morgan fingerprint density at radius 3 is 1.33 bits per heavy atom. The van der Waals surface area contributed by atoms with Gasteiger partial charge in [0.25, 0.3) is 11.8 Å². The Morgan fingerprint density at radius 1 is 0.569 bits per heavy atom. The largest absolute Gasteiger partial charge is 0.481 e. The number of aryl methyl sites for hydroxylation is 2. The van der Waals surface area contributed by atoms with Crippen LogP contribution < -0.4 is 0 Å². The van der Waals surface area contributed by atoms with Crippen molar-refractivity contribution < 1.29 is 38.6 Å². The minimum absolute atomic E-state index is 0.0335. The number of benzene rings is 2. The van der Waals surface area contributed by atoms with Crippen molar-refractivity contribution in [3.8, 4) is 0 Å². The first-order valence-electron chi connectivity index (χ1n) is 25.2. The van der Waals surface area contributed by atoms with Crippen LogP contribution in [0.3, 0.4) is 0 Å². The molecule has 4 saturated heterocycles. The van der Waals surface area contributed by atoms with Crippen LogP contribution in [-0.2, 0) is 62.9 Å². The van der Waals surface area contributed by atoms with Crippen LogP contribution in [0, 0.1) is 11.8 Å². The maximum Gasteiger partial charge on any atom is 0.309 e. The Hall–Kier alpha value is -5.16. The molecule has 8 heterocycles. The lowest BCUT2D eigenvalue weighted by molar-refractivity contribution is -0.152. The Labute approximate surface area is 438 Å². The summed E-state index contributed by atoms with van der Waals surface area (Å²) in [5.41, 5.74) is 4.35. The fourth-order valence-corrected chi connectivity index (χ4v) is 13.0. The van der Waals surface area contributed by atoms with Gasteiger partial charge in [0, 0.05) is 70.2 Å². The molecule has 4 fully saturated rings. The fourth-order valence-electron chi connectivity index (χ4n) is 11.8. The van der Waals surface area contributed by atoms with Gasteiger partial charge in [-0.3, -0.25) is 38.1 Å². The summed E-state index contributed by atoms with van der Waals surface area (Å²) >= 11 is 24.3. The highest BCUT2D eigenvalue weighted by Crippen LogP contribution is 2.40. The van der Waals surface area contributed by atoms with Crippen LogP contribution in [-0.4, -0.2) is 124 Å². The van der Waals surface area contributed by atoms with Crippen LogP contribution in [0.2, 0.25) is 20.1 Å². The molecule has 4 atom stereocenters. The monoisotopic (exact) mass is 1060 g/mol. The van der Waals surface area contributed by atoms with Gasteiger partial charge >= 0.3 is 11.9 Å². The van der Waals surface area contributed by atoms with E-state index in [4.69, 9.17) is 51.1 Å². The number of hydrogen-bond donors (Lipinski definition) is 1. The van der Waals surface area contributed by atoms with Gasteiger partial charge in [0.2, 0.25) is 11.8 Å². The van der Waals surface area contributed by atoms with Gasteiger partial charge in [-0.05, 0) is 144 Å². The predicted octanol–water partition coefficient (Wildman–Crippen LogP) is 8.52. The van der Waals surface area contributed by atoms with E-state index in [1.54, 1.807) is 23.1 Å². The topological polar surface area (TPSA) is 180 Å². The van der Waals surface area contributed by atoms with E-state index in [1.807, 2.05) is 61.3 Å². The van der Waals surface area contributed by atoms with E-state index in [2.05, 4.69) is 10.2 Å². The third kappa shape index (κ3) is 11.8. The number of halogens is 4. The number of carboxylic acids is 1. The number of piperidine rings is 4. The number of aromatic nitrogens is 4. The summed E-state index contributed by atoms with van der Waals surface area (Å²) in [5, 5.41) is 20.9. The van der Waals surface area contributed by atoms with Crippen LogP contribution in [0.1, 0.15) is 127 Å². The van der Waals surface area contributed by atoms with Gasteiger partial charge in [0.1, 0.15) is 0 Å². The molecule has 1 N–H and O–H groups in total. The third-order valence-corrected chi connectivity index (χ3v) is 16.1. The summed E-state index contributed by atoms with van der Waals surface area (Å²) in [6, 6.07) is 14.2. The molecule has 384 valence electrons. The highest BCUT2D eigenvalue weighted by atomic mass is 35.5. The normalized spacial score (nSPS) is 23.3.